The first kappa shape index (κ1) is 20.8. The molecular formula is C24H24ClFN6. The van der Waals surface area contributed by atoms with Gasteiger partial charge in [-0.1, -0.05) is 23.7 Å². The van der Waals surface area contributed by atoms with Gasteiger partial charge < -0.3 is 14.8 Å². The second-order valence-corrected chi connectivity index (χ2v) is 8.65. The van der Waals surface area contributed by atoms with Gasteiger partial charge in [-0.05, 0) is 54.8 Å². The van der Waals surface area contributed by atoms with Gasteiger partial charge in [-0.15, -0.1) is 0 Å². The number of rotatable bonds is 4. The second kappa shape index (κ2) is 8.48. The molecule has 1 fully saturated rings. The van der Waals surface area contributed by atoms with Crippen LogP contribution in [0.1, 0.15) is 16.7 Å². The Morgan fingerprint density at radius 2 is 1.84 bits per heavy atom. The molecule has 0 radical (unpaired) electrons. The summed E-state index contributed by atoms with van der Waals surface area (Å²) in [5.74, 6) is 0.730. The van der Waals surface area contributed by atoms with Gasteiger partial charge in [-0.25, -0.2) is 9.37 Å². The van der Waals surface area contributed by atoms with E-state index in [0.717, 1.165) is 60.0 Å². The van der Waals surface area contributed by atoms with E-state index in [0.29, 0.717) is 22.7 Å². The summed E-state index contributed by atoms with van der Waals surface area (Å²) in [7, 11) is 0. The van der Waals surface area contributed by atoms with Crippen LogP contribution in [0.25, 0.3) is 22.3 Å². The molecule has 0 atom stereocenters. The minimum Gasteiger partial charge on any atom is -0.340 e. The largest absolute Gasteiger partial charge is 0.340 e. The molecule has 1 saturated heterocycles. The molecule has 0 amide bonds. The van der Waals surface area contributed by atoms with Crippen molar-refractivity contribution in [1.82, 2.24) is 25.1 Å². The molecule has 6 nitrogen and oxygen atoms in total. The summed E-state index contributed by atoms with van der Waals surface area (Å²) in [6.07, 6.45) is 1.65. The molecule has 0 bridgehead atoms. The number of imidazole rings is 1. The van der Waals surface area contributed by atoms with Crippen LogP contribution >= 0.6 is 11.6 Å². The minimum atomic E-state index is -0.153. The van der Waals surface area contributed by atoms with E-state index in [2.05, 4.69) is 25.0 Å². The van der Waals surface area contributed by atoms with Crippen LogP contribution in [0.4, 0.5) is 10.3 Å². The van der Waals surface area contributed by atoms with E-state index < -0.39 is 0 Å². The Kier molecular flexibility index (Phi) is 5.53. The molecule has 0 spiro atoms. The van der Waals surface area contributed by atoms with Crippen LogP contribution in [0.5, 0.6) is 0 Å². The number of aromatic nitrogens is 4. The van der Waals surface area contributed by atoms with Crippen molar-refractivity contribution in [2.24, 2.45) is 0 Å². The van der Waals surface area contributed by atoms with E-state index in [-0.39, 0.29) is 5.82 Å². The van der Waals surface area contributed by atoms with Crippen LogP contribution in [0.15, 0.2) is 42.6 Å². The van der Waals surface area contributed by atoms with Crippen molar-refractivity contribution in [3.05, 3.63) is 70.1 Å². The molecule has 32 heavy (non-hydrogen) atoms. The summed E-state index contributed by atoms with van der Waals surface area (Å²) in [6.45, 7) is 7.69. The van der Waals surface area contributed by atoms with E-state index in [4.69, 9.17) is 16.6 Å². The van der Waals surface area contributed by atoms with Crippen molar-refractivity contribution in [3.63, 3.8) is 0 Å². The van der Waals surface area contributed by atoms with E-state index in [1.165, 1.54) is 0 Å². The van der Waals surface area contributed by atoms with Crippen LogP contribution in [0.3, 0.4) is 0 Å². The summed E-state index contributed by atoms with van der Waals surface area (Å²) in [6, 6.07) is 11.4. The maximum Gasteiger partial charge on any atom is 0.206 e. The lowest BCUT2D eigenvalue weighted by atomic mass is 10.1. The van der Waals surface area contributed by atoms with Crippen LogP contribution in [-0.4, -0.2) is 45.9 Å². The molecule has 8 heteroatoms. The molecule has 1 N–H and O–H groups in total. The number of piperazine rings is 1. The number of hydrogen-bond donors (Lipinski definition) is 1. The molecule has 0 saturated carbocycles. The van der Waals surface area contributed by atoms with Gasteiger partial charge in [0.15, 0.2) is 0 Å². The highest BCUT2D eigenvalue weighted by Gasteiger charge is 2.22. The number of hydrogen-bond acceptors (Lipinski definition) is 5. The lowest BCUT2D eigenvalue weighted by molar-refractivity contribution is 0.571. The second-order valence-electron chi connectivity index (χ2n) is 8.21. The Balaban J connectivity index is 1.71. The van der Waals surface area contributed by atoms with Gasteiger partial charge in [0, 0.05) is 43.0 Å². The van der Waals surface area contributed by atoms with Crippen molar-refractivity contribution in [3.8, 4) is 11.3 Å². The van der Waals surface area contributed by atoms with E-state index in [1.54, 1.807) is 20.0 Å². The summed E-state index contributed by atoms with van der Waals surface area (Å²) in [4.78, 5) is 7.36. The Bertz CT molecular complexity index is 1260. The Morgan fingerprint density at radius 1 is 1.09 bits per heavy atom. The number of halogens is 2. The summed E-state index contributed by atoms with van der Waals surface area (Å²) in [5, 5.41) is 12.3. The van der Waals surface area contributed by atoms with Crippen molar-refractivity contribution in [1.29, 1.82) is 0 Å². The van der Waals surface area contributed by atoms with Gasteiger partial charge in [0.1, 0.15) is 11.3 Å². The summed E-state index contributed by atoms with van der Waals surface area (Å²) in [5.41, 5.74) is 5.65. The molecule has 2 aromatic heterocycles. The Labute approximate surface area is 191 Å². The molecular weight excluding hydrogens is 427 g/mol. The number of nitrogens with zero attached hydrogens (tertiary/aromatic N) is 5. The van der Waals surface area contributed by atoms with Gasteiger partial charge in [-0.2, -0.15) is 10.2 Å². The maximum absolute atomic E-state index is 14.2. The summed E-state index contributed by atoms with van der Waals surface area (Å²) >= 11 is 6.55. The monoisotopic (exact) mass is 450 g/mol. The van der Waals surface area contributed by atoms with Gasteiger partial charge in [-0.3, -0.25) is 0 Å². The zero-order valence-electron chi connectivity index (χ0n) is 18.1. The van der Waals surface area contributed by atoms with Gasteiger partial charge in [0.25, 0.3) is 0 Å². The Morgan fingerprint density at radius 3 is 2.53 bits per heavy atom. The predicted molar refractivity (Wildman–Crippen MR) is 126 cm³/mol. The first-order chi connectivity index (χ1) is 15.5. The van der Waals surface area contributed by atoms with Crippen molar-refractivity contribution in [2.45, 2.75) is 20.4 Å². The highest BCUT2D eigenvalue weighted by atomic mass is 35.5. The predicted octanol–water partition coefficient (Wildman–Crippen LogP) is 4.36. The highest BCUT2D eigenvalue weighted by molar-refractivity contribution is 6.31. The zero-order chi connectivity index (χ0) is 22.2. The first-order valence-corrected chi connectivity index (χ1v) is 11.1. The third-order valence-corrected chi connectivity index (χ3v) is 6.10. The summed E-state index contributed by atoms with van der Waals surface area (Å²) < 4.78 is 16.4. The highest BCUT2D eigenvalue weighted by Crippen LogP contribution is 2.34. The van der Waals surface area contributed by atoms with Crippen molar-refractivity contribution in [2.75, 3.05) is 31.1 Å². The van der Waals surface area contributed by atoms with Crippen LogP contribution in [0, 0.1) is 19.7 Å². The zero-order valence-corrected chi connectivity index (χ0v) is 18.8. The van der Waals surface area contributed by atoms with Gasteiger partial charge in [0.05, 0.1) is 17.8 Å². The lowest BCUT2D eigenvalue weighted by Crippen LogP contribution is -2.44. The molecule has 0 aliphatic carbocycles. The molecule has 164 valence electrons. The molecule has 1 aliphatic heterocycles. The third kappa shape index (κ3) is 3.82. The SMILES string of the molecule is Cc1cc(Cn2c(N3CCNCC3)nc3c(-c4cccnn4)cc(Cl)cc32)cc(C)c1F. The normalized spacial score (nSPS) is 14.3. The molecule has 2 aromatic carbocycles. The Hall–Kier alpha value is -3.03. The average Bonchev–Trinajstić information content (AvgIpc) is 3.16. The number of nitrogens with one attached hydrogen (secondary N) is 1. The molecule has 3 heterocycles. The standard InChI is InChI=1S/C24H24ClFN6/c1-15-10-17(11-16(2)22(15)26)14-32-21-13-18(25)12-19(20-4-3-5-28-30-20)23(21)29-24(32)31-8-6-27-7-9-31/h3-5,10-13,27H,6-9,14H2,1-2H3. The number of aryl methyl sites for hydroxylation is 2. The van der Waals surface area contributed by atoms with Crippen LogP contribution in [-0.2, 0) is 6.54 Å². The fourth-order valence-corrected chi connectivity index (χ4v) is 4.60. The van der Waals surface area contributed by atoms with Gasteiger partial charge >= 0.3 is 0 Å². The minimum absolute atomic E-state index is 0.153. The topological polar surface area (TPSA) is 58.9 Å². The fraction of sp³-hybridized carbons (Fsp3) is 0.292. The van der Waals surface area contributed by atoms with E-state index in [1.807, 2.05) is 36.4 Å². The van der Waals surface area contributed by atoms with Crippen LogP contribution < -0.4 is 10.2 Å². The molecule has 1 aliphatic rings. The quantitative estimate of drug-likeness (QED) is 0.500. The molecule has 0 unspecified atom stereocenters. The van der Waals surface area contributed by atoms with Crippen molar-refractivity contribution < 1.29 is 4.39 Å². The maximum atomic E-state index is 14.2. The first-order valence-electron chi connectivity index (χ1n) is 10.7. The number of anilines is 1. The fourth-order valence-electron chi connectivity index (χ4n) is 4.39. The molecule has 5 rings (SSSR count). The van der Waals surface area contributed by atoms with Crippen molar-refractivity contribution >= 4 is 28.6 Å². The number of benzene rings is 2. The molecule has 4 aromatic rings. The van der Waals surface area contributed by atoms with Gasteiger partial charge in [0.2, 0.25) is 5.95 Å². The van der Waals surface area contributed by atoms with E-state index in [9.17, 15) is 4.39 Å². The van der Waals surface area contributed by atoms with E-state index >= 15 is 0 Å². The van der Waals surface area contributed by atoms with Crippen LogP contribution in [0.2, 0.25) is 5.02 Å². The lowest BCUT2D eigenvalue weighted by Gasteiger charge is -2.29. The average molecular weight is 451 g/mol. The smallest absolute Gasteiger partial charge is 0.206 e. The third-order valence-electron chi connectivity index (χ3n) is 5.88. The number of fused-ring (bicyclic) bond motifs is 1.